The molecule has 4 rings (SSSR count). The monoisotopic (exact) mass is 398 g/mol. The maximum Gasteiger partial charge on any atom is 0.234 e. The van der Waals surface area contributed by atoms with Gasteiger partial charge in [-0.3, -0.25) is 9.20 Å². The molecule has 5 nitrogen and oxygen atoms in total. The third kappa shape index (κ3) is 3.86. The Bertz CT molecular complexity index is 1090. The fourth-order valence-electron chi connectivity index (χ4n) is 2.58. The van der Waals surface area contributed by atoms with Gasteiger partial charge in [0.05, 0.1) is 11.4 Å². The molecule has 2 aromatic carbocycles. The number of hydrogen-bond donors (Lipinski definition) is 1. The standard InChI is InChI=1S/C19H15FN4OS2/c1-12-2-4-13(5-3-12)16-10-26-18-22-23-19(24(16)18)27-11-17(25)21-15-8-6-14(20)7-9-15/h2-10H,11H2,1H3,(H,21,25). The van der Waals surface area contributed by atoms with Crippen LogP contribution in [0.25, 0.3) is 16.2 Å². The predicted molar refractivity (Wildman–Crippen MR) is 107 cm³/mol. The number of nitrogens with zero attached hydrogens (tertiary/aromatic N) is 3. The van der Waals surface area contributed by atoms with Crippen molar-refractivity contribution in [2.45, 2.75) is 12.1 Å². The van der Waals surface area contributed by atoms with E-state index in [0.717, 1.165) is 16.2 Å². The van der Waals surface area contributed by atoms with E-state index >= 15 is 0 Å². The van der Waals surface area contributed by atoms with Crippen molar-refractivity contribution in [2.24, 2.45) is 0 Å². The fourth-order valence-corrected chi connectivity index (χ4v) is 4.22. The summed E-state index contributed by atoms with van der Waals surface area (Å²) < 4.78 is 14.9. The molecule has 4 aromatic rings. The first-order valence-electron chi connectivity index (χ1n) is 8.18. The number of carbonyl (C=O) groups excluding carboxylic acids is 1. The van der Waals surface area contributed by atoms with Crippen molar-refractivity contribution in [1.29, 1.82) is 0 Å². The summed E-state index contributed by atoms with van der Waals surface area (Å²) in [7, 11) is 0. The van der Waals surface area contributed by atoms with E-state index in [2.05, 4.69) is 39.8 Å². The molecular formula is C19H15FN4OS2. The van der Waals surface area contributed by atoms with E-state index in [0.29, 0.717) is 10.8 Å². The van der Waals surface area contributed by atoms with Gasteiger partial charge in [-0.15, -0.1) is 21.5 Å². The lowest BCUT2D eigenvalue weighted by Crippen LogP contribution is -2.14. The average molecular weight is 398 g/mol. The molecule has 0 aliphatic carbocycles. The second-order valence-electron chi connectivity index (χ2n) is 5.93. The van der Waals surface area contributed by atoms with Crippen LogP contribution in [-0.2, 0) is 4.79 Å². The highest BCUT2D eigenvalue weighted by molar-refractivity contribution is 7.99. The first-order valence-corrected chi connectivity index (χ1v) is 10.0. The molecule has 136 valence electrons. The second kappa shape index (κ2) is 7.50. The van der Waals surface area contributed by atoms with Gasteiger partial charge in [-0.1, -0.05) is 41.6 Å². The molecule has 0 bridgehead atoms. The molecular weight excluding hydrogens is 383 g/mol. The van der Waals surface area contributed by atoms with Crippen LogP contribution in [0.3, 0.4) is 0 Å². The zero-order chi connectivity index (χ0) is 18.8. The van der Waals surface area contributed by atoms with E-state index in [-0.39, 0.29) is 17.5 Å². The normalized spacial score (nSPS) is 11.0. The summed E-state index contributed by atoms with van der Waals surface area (Å²) in [6.07, 6.45) is 0. The number of carbonyl (C=O) groups is 1. The number of halogens is 1. The molecule has 0 saturated heterocycles. The number of thioether (sulfide) groups is 1. The van der Waals surface area contributed by atoms with Crippen LogP contribution in [0.1, 0.15) is 5.56 Å². The van der Waals surface area contributed by atoms with Crippen molar-refractivity contribution in [3.63, 3.8) is 0 Å². The van der Waals surface area contributed by atoms with Gasteiger partial charge in [0.15, 0.2) is 5.16 Å². The summed E-state index contributed by atoms with van der Waals surface area (Å²) in [5.41, 5.74) is 3.83. The Labute approximate surface area is 163 Å². The van der Waals surface area contributed by atoms with Crippen molar-refractivity contribution < 1.29 is 9.18 Å². The van der Waals surface area contributed by atoms with Crippen LogP contribution in [0.4, 0.5) is 10.1 Å². The van der Waals surface area contributed by atoms with E-state index in [9.17, 15) is 9.18 Å². The van der Waals surface area contributed by atoms with E-state index in [1.807, 2.05) is 16.7 Å². The molecule has 0 spiro atoms. The van der Waals surface area contributed by atoms with Crippen molar-refractivity contribution in [3.8, 4) is 11.3 Å². The second-order valence-corrected chi connectivity index (χ2v) is 7.71. The van der Waals surface area contributed by atoms with Crippen molar-refractivity contribution in [1.82, 2.24) is 14.6 Å². The zero-order valence-electron chi connectivity index (χ0n) is 14.3. The summed E-state index contributed by atoms with van der Waals surface area (Å²) >= 11 is 2.83. The van der Waals surface area contributed by atoms with Gasteiger partial charge in [0.2, 0.25) is 10.9 Å². The van der Waals surface area contributed by atoms with E-state index in [1.165, 1.54) is 52.9 Å². The van der Waals surface area contributed by atoms with Crippen molar-refractivity contribution in [2.75, 3.05) is 11.1 Å². The average Bonchev–Trinajstić information content (AvgIpc) is 3.25. The van der Waals surface area contributed by atoms with Crippen molar-refractivity contribution in [3.05, 3.63) is 65.3 Å². The highest BCUT2D eigenvalue weighted by atomic mass is 32.2. The number of thiazole rings is 1. The number of amides is 1. The molecule has 0 fully saturated rings. The van der Waals surface area contributed by atoms with Gasteiger partial charge >= 0.3 is 0 Å². The van der Waals surface area contributed by atoms with Gasteiger partial charge in [0.1, 0.15) is 5.82 Å². The van der Waals surface area contributed by atoms with Gasteiger partial charge in [-0.25, -0.2) is 4.39 Å². The molecule has 0 unspecified atom stereocenters. The highest BCUT2D eigenvalue weighted by Crippen LogP contribution is 2.30. The Balaban J connectivity index is 1.50. The number of aromatic nitrogens is 3. The fraction of sp³-hybridized carbons (Fsp3) is 0.105. The molecule has 1 amide bonds. The van der Waals surface area contributed by atoms with Crippen LogP contribution >= 0.6 is 23.1 Å². The quantitative estimate of drug-likeness (QED) is 0.498. The van der Waals surface area contributed by atoms with Crippen LogP contribution in [0.15, 0.2) is 59.1 Å². The third-order valence-corrected chi connectivity index (χ3v) is 5.67. The molecule has 2 heterocycles. The molecule has 1 N–H and O–H groups in total. The largest absolute Gasteiger partial charge is 0.325 e. The van der Waals surface area contributed by atoms with Crippen molar-refractivity contribution >= 4 is 39.7 Å². The lowest BCUT2D eigenvalue weighted by Gasteiger charge is -2.05. The minimum absolute atomic E-state index is 0.182. The van der Waals surface area contributed by atoms with E-state index in [4.69, 9.17) is 0 Å². The Morgan fingerprint density at radius 1 is 1.15 bits per heavy atom. The van der Waals surface area contributed by atoms with Crippen LogP contribution in [0.2, 0.25) is 0 Å². The van der Waals surface area contributed by atoms with Gasteiger partial charge in [0.25, 0.3) is 0 Å². The molecule has 27 heavy (non-hydrogen) atoms. The smallest absolute Gasteiger partial charge is 0.234 e. The van der Waals surface area contributed by atoms with Crippen LogP contribution in [0.5, 0.6) is 0 Å². The van der Waals surface area contributed by atoms with E-state index < -0.39 is 0 Å². The number of benzene rings is 2. The molecule has 0 atom stereocenters. The van der Waals surface area contributed by atoms with Crippen LogP contribution in [-0.4, -0.2) is 26.3 Å². The number of anilines is 1. The minimum atomic E-state index is -0.339. The number of aryl methyl sites for hydroxylation is 1. The Hall–Kier alpha value is -2.71. The van der Waals surface area contributed by atoms with Gasteiger partial charge in [-0.2, -0.15) is 0 Å². The van der Waals surface area contributed by atoms with E-state index in [1.54, 1.807) is 0 Å². The zero-order valence-corrected chi connectivity index (χ0v) is 16.0. The first kappa shape index (κ1) is 17.7. The summed E-state index contributed by atoms with van der Waals surface area (Å²) in [5.74, 6) is -0.341. The SMILES string of the molecule is Cc1ccc(-c2csc3nnc(SCC(=O)Nc4ccc(F)cc4)n23)cc1. The molecule has 8 heteroatoms. The molecule has 0 saturated carbocycles. The Morgan fingerprint density at radius 3 is 2.63 bits per heavy atom. The van der Waals surface area contributed by atoms with Crippen LogP contribution in [0, 0.1) is 12.7 Å². The topological polar surface area (TPSA) is 59.3 Å². The third-order valence-electron chi connectivity index (χ3n) is 3.93. The number of nitrogens with one attached hydrogen (secondary N) is 1. The maximum atomic E-state index is 12.9. The Morgan fingerprint density at radius 2 is 1.89 bits per heavy atom. The number of fused-ring (bicyclic) bond motifs is 1. The Kier molecular flexibility index (Phi) is 4.91. The minimum Gasteiger partial charge on any atom is -0.325 e. The summed E-state index contributed by atoms with van der Waals surface area (Å²) in [6, 6.07) is 13.9. The number of rotatable bonds is 5. The molecule has 0 aliphatic heterocycles. The molecule has 0 aliphatic rings. The number of hydrogen-bond acceptors (Lipinski definition) is 5. The van der Waals surface area contributed by atoms with Gasteiger partial charge in [-0.05, 0) is 36.8 Å². The first-order chi connectivity index (χ1) is 13.1. The van der Waals surface area contributed by atoms with Gasteiger partial charge < -0.3 is 5.32 Å². The molecule has 2 aromatic heterocycles. The summed E-state index contributed by atoms with van der Waals surface area (Å²) in [4.78, 5) is 13.0. The highest BCUT2D eigenvalue weighted by Gasteiger charge is 2.15. The lowest BCUT2D eigenvalue weighted by molar-refractivity contribution is -0.113. The lowest BCUT2D eigenvalue weighted by atomic mass is 10.1. The summed E-state index contributed by atoms with van der Waals surface area (Å²) in [6.45, 7) is 2.05. The molecule has 0 radical (unpaired) electrons. The predicted octanol–water partition coefficient (Wildman–Crippen LogP) is 4.64. The van der Waals surface area contributed by atoms with Crippen LogP contribution < -0.4 is 5.32 Å². The van der Waals surface area contributed by atoms with Gasteiger partial charge in [0, 0.05) is 11.1 Å². The maximum absolute atomic E-state index is 12.9. The summed E-state index contributed by atoms with van der Waals surface area (Å²) in [5, 5.41) is 13.8.